The maximum atomic E-state index is 7.62. The summed E-state index contributed by atoms with van der Waals surface area (Å²) >= 11 is 0. The highest BCUT2D eigenvalue weighted by molar-refractivity contribution is 5.67. The summed E-state index contributed by atoms with van der Waals surface area (Å²) in [4.78, 5) is 4.12. The predicted octanol–water partition coefficient (Wildman–Crippen LogP) is 3.25. The lowest BCUT2D eigenvalue weighted by atomic mass is 10.2. The van der Waals surface area contributed by atoms with Crippen molar-refractivity contribution < 1.29 is 1.37 Å². The van der Waals surface area contributed by atoms with Crippen LogP contribution in [0.5, 0.6) is 0 Å². The first-order chi connectivity index (χ1) is 7.36. The molecule has 0 atom stereocenters. The van der Waals surface area contributed by atoms with Crippen molar-refractivity contribution in [3.8, 4) is 0 Å². The smallest absolute Gasteiger partial charge is 0.0646 e. The summed E-state index contributed by atoms with van der Waals surface area (Å²) in [6, 6.07) is 13.9. The van der Waals surface area contributed by atoms with Crippen LogP contribution in [0.2, 0.25) is 0 Å². The predicted molar refractivity (Wildman–Crippen MR) is 59.6 cm³/mol. The van der Waals surface area contributed by atoms with Crippen LogP contribution < -0.4 is 0 Å². The highest BCUT2D eigenvalue weighted by atomic mass is 14.6. The summed E-state index contributed by atoms with van der Waals surface area (Å²) in [7, 11) is 0. The highest BCUT2D eigenvalue weighted by Crippen LogP contribution is 2.04. The first-order valence-corrected chi connectivity index (χ1v) is 4.51. The molecule has 1 aromatic heterocycles. The Morgan fingerprint density at radius 3 is 2.64 bits per heavy atom. The zero-order valence-electron chi connectivity index (χ0n) is 8.72. The normalized spacial score (nSPS) is 11.6. The number of benzene rings is 1. The van der Waals surface area contributed by atoms with Gasteiger partial charge in [-0.05, 0) is 23.7 Å². The summed E-state index contributed by atoms with van der Waals surface area (Å²) in [5.41, 5.74) is 1.81. The second-order valence-electron chi connectivity index (χ2n) is 2.91. The number of hydrogen-bond acceptors (Lipinski definition) is 1. The van der Waals surface area contributed by atoms with E-state index in [0.29, 0.717) is 11.7 Å². The van der Waals surface area contributed by atoms with Gasteiger partial charge in [-0.3, -0.25) is 4.98 Å². The van der Waals surface area contributed by atoms with Crippen molar-refractivity contribution in [1.82, 2.24) is 4.98 Å². The molecule has 14 heavy (non-hydrogen) atoms. The minimum absolute atomic E-state index is 0.449. The molecule has 0 N–H and O–H groups in total. The van der Waals surface area contributed by atoms with E-state index in [9.17, 15) is 0 Å². The van der Waals surface area contributed by atoms with Crippen LogP contribution in [0.25, 0.3) is 12.2 Å². The Kier molecular flexibility index (Phi) is 2.35. The van der Waals surface area contributed by atoms with Gasteiger partial charge >= 0.3 is 0 Å². The van der Waals surface area contributed by atoms with Crippen molar-refractivity contribution in [1.29, 1.82) is 0 Å². The van der Waals surface area contributed by atoms with Crippen LogP contribution in [0, 0.1) is 0 Å². The van der Waals surface area contributed by atoms with Gasteiger partial charge in [0.15, 0.2) is 0 Å². The molecule has 0 saturated heterocycles. The average Bonchev–Trinajstić information content (AvgIpc) is 2.29. The van der Waals surface area contributed by atoms with Crippen LogP contribution in [0.4, 0.5) is 0 Å². The summed E-state index contributed by atoms with van der Waals surface area (Å²) in [5.74, 6) is 0. The number of hydrogen-bond donors (Lipinski definition) is 0. The van der Waals surface area contributed by atoms with E-state index in [2.05, 4.69) is 4.98 Å². The zero-order chi connectivity index (χ0) is 10.5. The zero-order valence-corrected chi connectivity index (χ0v) is 7.72. The Labute approximate surface area is 85.2 Å². The lowest BCUT2D eigenvalue weighted by molar-refractivity contribution is 1.30. The Balaban J connectivity index is 2.23. The molecule has 0 aliphatic rings. The summed E-state index contributed by atoms with van der Waals surface area (Å²) in [5, 5.41) is 0. The SMILES string of the molecule is [2H]c1cccnc1C=Cc1ccccc1. The number of aromatic nitrogens is 1. The Hall–Kier alpha value is -1.89. The van der Waals surface area contributed by atoms with Gasteiger partial charge < -0.3 is 0 Å². The number of nitrogens with zero attached hydrogens (tertiary/aromatic N) is 1. The lowest BCUT2D eigenvalue weighted by Crippen LogP contribution is -1.76. The van der Waals surface area contributed by atoms with Crippen molar-refractivity contribution in [2.24, 2.45) is 0 Å². The summed E-state index contributed by atoms with van der Waals surface area (Å²) < 4.78 is 7.62. The van der Waals surface area contributed by atoms with Crippen molar-refractivity contribution in [3.05, 3.63) is 66.0 Å². The molecule has 0 spiro atoms. The maximum absolute atomic E-state index is 7.62. The van der Waals surface area contributed by atoms with E-state index in [4.69, 9.17) is 1.37 Å². The fourth-order valence-electron chi connectivity index (χ4n) is 1.17. The van der Waals surface area contributed by atoms with Gasteiger partial charge in [-0.15, -0.1) is 0 Å². The Bertz CT molecular complexity index is 463. The molecular weight excluding hydrogens is 170 g/mol. The van der Waals surface area contributed by atoms with Crippen LogP contribution in [0.3, 0.4) is 0 Å². The molecule has 0 fully saturated rings. The van der Waals surface area contributed by atoms with Gasteiger partial charge in [0.1, 0.15) is 0 Å². The Morgan fingerprint density at radius 2 is 1.86 bits per heavy atom. The first kappa shape index (κ1) is 7.51. The average molecular weight is 182 g/mol. The van der Waals surface area contributed by atoms with Crippen molar-refractivity contribution in [3.63, 3.8) is 0 Å². The highest BCUT2D eigenvalue weighted by Gasteiger charge is 1.85. The summed E-state index contributed by atoms with van der Waals surface area (Å²) in [6.45, 7) is 0. The monoisotopic (exact) mass is 182 g/mol. The fourth-order valence-corrected chi connectivity index (χ4v) is 1.17. The molecule has 0 amide bonds. The van der Waals surface area contributed by atoms with Gasteiger partial charge in [0.2, 0.25) is 0 Å². The fraction of sp³-hybridized carbons (Fsp3) is 0. The van der Waals surface area contributed by atoms with Gasteiger partial charge in [0, 0.05) is 6.20 Å². The molecule has 1 heterocycles. The third-order valence-electron chi connectivity index (χ3n) is 1.86. The van der Waals surface area contributed by atoms with Crippen LogP contribution in [-0.2, 0) is 0 Å². The van der Waals surface area contributed by atoms with Gasteiger partial charge in [0.05, 0.1) is 7.06 Å². The van der Waals surface area contributed by atoms with Gasteiger partial charge in [0.25, 0.3) is 0 Å². The number of rotatable bonds is 2. The molecule has 2 rings (SSSR count). The molecule has 68 valence electrons. The lowest BCUT2D eigenvalue weighted by Gasteiger charge is -1.92. The third kappa shape index (κ3) is 2.30. The van der Waals surface area contributed by atoms with E-state index >= 15 is 0 Å². The minimum atomic E-state index is 0.449. The molecule has 0 bridgehead atoms. The van der Waals surface area contributed by atoms with Crippen LogP contribution in [-0.4, -0.2) is 4.98 Å². The molecule has 0 saturated carbocycles. The second kappa shape index (κ2) is 4.38. The van der Waals surface area contributed by atoms with Crippen molar-refractivity contribution in [2.75, 3.05) is 0 Å². The van der Waals surface area contributed by atoms with E-state index in [1.807, 2.05) is 42.5 Å². The van der Waals surface area contributed by atoms with Crippen LogP contribution >= 0.6 is 0 Å². The molecule has 2 aromatic rings. The molecule has 1 nitrogen and oxygen atoms in total. The van der Waals surface area contributed by atoms with E-state index < -0.39 is 0 Å². The van der Waals surface area contributed by atoms with Crippen LogP contribution in [0.15, 0.2) is 54.7 Å². The molecule has 1 aromatic carbocycles. The van der Waals surface area contributed by atoms with Gasteiger partial charge in [-0.2, -0.15) is 0 Å². The first-order valence-electron chi connectivity index (χ1n) is 5.01. The summed E-state index contributed by atoms with van der Waals surface area (Å²) in [6.07, 6.45) is 5.51. The molecular formula is C13H11N. The standard InChI is InChI=1S/C13H11N/c1-2-6-12(7-3-1)9-10-13-8-4-5-11-14-13/h1-11H/i8D. The molecule has 0 unspecified atom stereocenters. The van der Waals surface area contributed by atoms with E-state index in [1.54, 1.807) is 18.3 Å². The topological polar surface area (TPSA) is 12.9 Å². The van der Waals surface area contributed by atoms with E-state index in [1.165, 1.54) is 0 Å². The molecule has 0 aliphatic carbocycles. The van der Waals surface area contributed by atoms with Crippen LogP contribution in [0.1, 0.15) is 12.6 Å². The molecule has 0 aliphatic heterocycles. The van der Waals surface area contributed by atoms with Crippen molar-refractivity contribution in [2.45, 2.75) is 0 Å². The van der Waals surface area contributed by atoms with E-state index in [-0.39, 0.29) is 0 Å². The Morgan fingerprint density at radius 1 is 1.00 bits per heavy atom. The molecule has 1 heteroatoms. The van der Waals surface area contributed by atoms with Gasteiger partial charge in [-0.25, -0.2) is 0 Å². The number of pyridine rings is 1. The minimum Gasteiger partial charge on any atom is -0.257 e. The quantitative estimate of drug-likeness (QED) is 0.694. The second-order valence-corrected chi connectivity index (χ2v) is 2.91. The maximum Gasteiger partial charge on any atom is 0.0646 e. The van der Waals surface area contributed by atoms with Gasteiger partial charge in [-0.1, -0.05) is 42.5 Å². The van der Waals surface area contributed by atoms with Crippen molar-refractivity contribution >= 4 is 12.2 Å². The largest absolute Gasteiger partial charge is 0.257 e. The van der Waals surface area contributed by atoms with E-state index in [0.717, 1.165) is 5.56 Å². The molecule has 0 radical (unpaired) electrons. The third-order valence-corrected chi connectivity index (χ3v) is 1.86.